The fourth-order valence-corrected chi connectivity index (χ4v) is 3.06. The van der Waals surface area contributed by atoms with E-state index in [0.29, 0.717) is 11.9 Å². The number of nitrogen functional groups attached to an aromatic ring is 1. The Morgan fingerprint density at radius 2 is 1.67 bits per heavy atom. The molecule has 3 rings (SSSR count). The normalized spacial score (nSPS) is 27.0. The first-order valence-corrected chi connectivity index (χ1v) is 7.83. The Bertz CT molecular complexity index is 490. The second-order valence-corrected chi connectivity index (χ2v) is 6.12. The maximum absolute atomic E-state index is 9.84. The van der Waals surface area contributed by atoms with Crippen molar-refractivity contribution in [3.8, 4) is 0 Å². The molecule has 7 heteroatoms. The lowest BCUT2D eigenvalue weighted by atomic mass is 9.97. The van der Waals surface area contributed by atoms with Gasteiger partial charge >= 0.3 is 0 Å². The molecule has 1 aromatic heterocycles. The molecule has 2 unspecified atom stereocenters. The molecule has 2 atom stereocenters. The van der Waals surface area contributed by atoms with E-state index in [1.807, 2.05) is 6.92 Å². The number of aliphatic hydroxyl groups excluding tert-OH is 1. The molecular formula is C14H24N6O. The van der Waals surface area contributed by atoms with E-state index < -0.39 is 0 Å². The Labute approximate surface area is 125 Å². The number of nitrogens with two attached hydrogens (primary N) is 1. The highest BCUT2D eigenvalue weighted by atomic mass is 16.3. The zero-order valence-corrected chi connectivity index (χ0v) is 12.6. The summed E-state index contributed by atoms with van der Waals surface area (Å²) in [6.07, 6.45) is 4.13. The van der Waals surface area contributed by atoms with E-state index in [2.05, 4.69) is 24.8 Å². The topological polar surface area (TPSA) is 91.4 Å². The van der Waals surface area contributed by atoms with Crippen molar-refractivity contribution in [3.05, 3.63) is 0 Å². The molecule has 116 valence electrons. The van der Waals surface area contributed by atoms with Gasteiger partial charge in [-0.05, 0) is 31.6 Å². The summed E-state index contributed by atoms with van der Waals surface area (Å²) in [7, 11) is 0. The molecular weight excluding hydrogens is 268 g/mol. The second kappa shape index (κ2) is 6.01. The smallest absolute Gasteiger partial charge is 0.231 e. The highest BCUT2D eigenvalue weighted by molar-refractivity contribution is 5.44. The maximum Gasteiger partial charge on any atom is 0.231 e. The number of hydrogen-bond donors (Lipinski definition) is 2. The third-order valence-corrected chi connectivity index (χ3v) is 4.41. The molecule has 0 aliphatic carbocycles. The molecule has 2 saturated heterocycles. The van der Waals surface area contributed by atoms with Crippen molar-refractivity contribution in [2.24, 2.45) is 5.92 Å². The number of rotatable bonds is 2. The van der Waals surface area contributed by atoms with Gasteiger partial charge < -0.3 is 20.6 Å². The van der Waals surface area contributed by atoms with Gasteiger partial charge in [0, 0.05) is 26.2 Å². The maximum atomic E-state index is 9.84. The van der Waals surface area contributed by atoms with E-state index in [-0.39, 0.29) is 18.0 Å². The Morgan fingerprint density at radius 3 is 2.33 bits per heavy atom. The van der Waals surface area contributed by atoms with E-state index in [9.17, 15) is 5.11 Å². The van der Waals surface area contributed by atoms with Crippen molar-refractivity contribution < 1.29 is 5.11 Å². The molecule has 2 aliphatic heterocycles. The van der Waals surface area contributed by atoms with Gasteiger partial charge in [0.2, 0.25) is 17.8 Å². The Morgan fingerprint density at radius 1 is 1.00 bits per heavy atom. The van der Waals surface area contributed by atoms with Crippen LogP contribution in [-0.4, -0.2) is 52.3 Å². The minimum Gasteiger partial charge on any atom is -0.393 e. The van der Waals surface area contributed by atoms with Crippen LogP contribution in [0.4, 0.5) is 17.8 Å². The summed E-state index contributed by atoms with van der Waals surface area (Å²) < 4.78 is 0. The van der Waals surface area contributed by atoms with Crippen molar-refractivity contribution in [1.82, 2.24) is 15.0 Å². The van der Waals surface area contributed by atoms with Gasteiger partial charge in [-0.3, -0.25) is 0 Å². The Kier molecular flexibility index (Phi) is 4.10. The summed E-state index contributed by atoms with van der Waals surface area (Å²) in [5.41, 5.74) is 5.87. The van der Waals surface area contributed by atoms with Crippen LogP contribution in [0.2, 0.25) is 0 Å². The largest absolute Gasteiger partial charge is 0.393 e. The van der Waals surface area contributed by atoms with Crippen LogP contribution in [0.5, 0.6) is 0 Å². The van der Waals surface area contributed by atoms with Gasteiger partial charge in [-0.2, -0.15) is 15.0 Å². The van der Waals surface area contributed by atoms with Crippen molar-refractivity contribution in [2.45, 2.75) is 38.7 Å². The zero-order valence-electron chi connectivity index (χ0n) is 12.6. The lowest BCUT2D eigenvalue weighted by Crippen LogP contribution is -2.43. The van der Waals surface area contributed by atoms with Gasteiger partial charge in [0.1, 0.15) is 0 Å². The van der Waals surface area contributed by atoms with Crippen LogP contribution in [-0.2, 0) is 0 Å². The first kappa shape index (κ1) is 14.3. The van der Waals surface area contributed by atoms with E-state index in [1.165, 1.54) is 19.3 Å². The molecule has 3 heterocycles. The lowest BCUT2D eigenvalue weighted by molar-refractivity contribution is 0.0966. The number of anilines is 3. The van der Waals surface area contributed by atoms with Crippen LogP contribution in [0.3, 0.4) is 0 Å². The van der Waals surface area contributed by atoms with Gasteiger partial charge in [-0.1, -0.05) is 6.92 Å². The highest BCUT2D eigenvalue weighted by Crippen LogP contribution is 2.23. The monoisotopic (exact) mass is 292 g/mol. The molecule has 2 aliphatic rings. The molecule has 7 nitrogen and oxygen atoms in total. The van der Waals surface area contributed by atoms with Gasteiger partial charge in [-0.25, -0.2) is 0 Å². The number of nitrogens with zero attached hydrogens (tertiary/aromatic N) is 5. The summed E-state index contributed by atoms with van der Waals surface area (Å²) in [5.74, 6) is 1.83. The summed E-state index contributed by atoms with van der Waals surface area (Å²) in [5, 5.41) is 9.84. The van der Waals surface area contributed by atoms with Crippen LogP contribution in [0, 0.1) is 5.92 Å². The van der Waals surface area contributed by atoms with Crippen molar-refractivity contribution in [3.63, 3.8) is 0 Å². The molecule has 3 N–H and O–H groups in total. The minimum atomic E-state index is -0.234. The fourth-order valence-electron chi connectivity index (χ4n) is 3.06. The molecule has 0 saturated carbocycles. The van der Waals surface area contributed by atoms with Gasteiger partial charge in [0.25, 0.3) is 0 Å². The molecule has 0 spiro atoms. The quantitative estimate of drug-likeness (QED) is 0.827. The highest BCUT2D eigenvalue weighted by Gasteiger charge is 2.27. The standard InChI is InChI=1S/C14H24N6O/c1-10-9-20(8-5-11(10)21)14-17-12(15)16-13(18-14)19-6-3-2-4-7-19/h10-11,21H,2-9H2,1H3,(H2,15,16,17,18). The molecule has 1 aromatic rings. The molecule has 21 heavy (non-hydrogen) atoms. The van der Waals surface area contributed by atoms with Crippen LogP contribution in [0.15, 0.2) is 0 Å². The van der Waals surface area contributed by atoms with E-state index in [4.69, 9.17) is 5.73 Å². The molecule has 0 radical (unpaired) electrons. The van der Waals surface area contributed by atoms with Crippen LogP contribution in [0.1, 0.15) is 32.6 Å². The van der Waals surface area contributed by atoms with Gasteiger partial charge in [0.15, 0.2) is 0 Å². The van der Waals surface area contributed by atoms with E-state index in [0.717, 1.165) is 32.6 Å². The van der Waals surface area contributed by atoms with Crippen molar-refractivity contribution >= 4 is 17.8 Å². The first-order chi connectivity index (χ1) is 10.1. The second-order valence-electron chi connectivity index (χ2n) is 6.12. The number of aliphatic hydroxyl groups is 1. The Hall–Kier alpha value is -1.63. The van der Waals surface area contributed by atoms with Crippen molar-refractivity contribution in [2.75, 3.05) is 41.7 Å². The van der Waals surface area contributed by atoms with Crippen LogP contribution in [0.25, 0.3) is 0 Å². The fraction of sp³-hybridized carbons (Fsp3) is 0.786. The first-order valence-electron chi connectivity index (χ1n) is 7.83. The predicted octanol–water partition coefficient (Wildman–Crippen LogP) is 0.651. The molecule has 0 bridgehead atoms. The summed E-state index contributed by atoms with van der Waals surface area (Å²) in [6, 6.07) is 0. The summed E-state index contributed by atoms with van der Waals surface area (Å²) >= 11 is 0. The van der Waals surface area contributed by atoms with Crippen molar-refractivity contribution in [1.29, 1.82) is 0 Å². The number of piperidine rings is 2. The molecule has 0 amide bonds. The number of aromatic nitrogens is 3. The summed E-state index contributed by atoms with van der Waals surface area (Å²) in [6.45, 7) is 5.53. The lowest BCUT2D eigenvalue weighted by Gasteiger charge is -2.35. The zero-order chi connectivity index (χ0) is 14.8. The van der Waals surface area contributed by atoms with Crippen LogP contribution < -0.4 is 15.5 Å². The molecule has 2 fully saturated rings. The third-order valence-electron chi connectivity index (χ3n) is 4.41. The van der Waals surface area contributed by atoms with Gasteiger partial charge in [0.05, 0.1) is 6.10 Å². The summed E-state index contributed by atoms with van der Waals surface area (Å²) in [4.78, 5) is 17.5. The van der Waals surface area contributed by atoms with E-state index >= 15 is 0 Å². The SMILES string of the molecule is CC1CN(c2nc(N)nc(N3CCCCC3)n2)CCC1O. The Balaban J connectivity index is 1.80. The average Bonchev–Trinajstić information content (AvgIpc) is 2.50. The van der Waals surface area contributed by atoms with Crippen LogP contribution >= 0.6 is 0 Å². The number of hydrogen-bond acceptors (Lipinski definition) is 7. The molecule has 0 aromatic carbocycles. The average molecular weight is 292 g/mol. The third kappa shape index (κ3) is 3.18. The van der Waals surface area contributed by atoms with Gasteiger partial charge in [-0.15, -0.1) is 0 Å². The predicted molar refractivity (Wildman–Crippen MR) is 82.3 cm³/mol. The van der Waals surface area contributed by atoms with E-state index in [1.54, 1.807) is 0 Å². The minimum absolute atomic E-state index is 0.218.